The van der Waals surface area contributed by atoms with Crippen molar-refractivity contribution in [1.29, 1.82) is 0 Å². The molecule has 0 amide bonds. The summed E-state index contributed by atoms with van der Waals surface area (Å²) >= 11 is 2.84. The molecule has 0 aliphatic heterocycles. The number of hydrogen-bond acceptors (Lipinski definition) is 4. The molecule has 1 aliphatic carbocycles. The Balaban J connectivity index is 2.31. The molecule has 2 nitrogen and oxygen atoms in total. The predicted molar refractivity (Wildman–Crippen MR) is 56.1 cm³/mol. The molecule has 0 bridgehead atoms. The van der Waals surface area contributed by atoms with Gasteiger partial charge in [-0.2, -0.15) is 0 Å². The number of fused-ring (bicyclic) bond motifs is 2. The van der Waals surface area contributed by atoms with Gasteiger partial charge in [0, 0.05) is 16.0 Å². The van der Waals surface area contributed by atoms with E-state index < -0.39 is 6.10 Å². The molecule has 2 heterocycles. The summed E-state index contributed by atoms with van der Waals surface area (Å²) in [5, 5.41) is 13.7. The van der Waals surface area contributed by atoms with Gasteiger partial charge in [-0.3, -0.25) is 4.79 Å². The first kappa shape index (κ1) is 8.35. The maximum absolute atomic E-state index is 11.9. The van der Waals surface area contributed by atoms with Crippen LogP contribution in [-0.4, -0.2) is 10.9 Å². The molecule has 2 aromatic heterocycles. The summed E-state index contributed by atoms with van der Waals surface area (Å²) < 4.78 is 0. The molecule has 4 heteroatoms. The highest BCUT2D eigenvalue weighted by Crippen LogP contribution is 2.39. The van der Waals surface area contributed by atoms with Gasteiger partial charge in [0.2, 0.25) is 5.78 Å². The molecular formula is C10H6O2S2. The van der Waals surface area contributed by atoms with Crippen LogP contribution in [0.2, 0.25) is 0 Å². The smallest absolute Gasteiger partial charge is 0.204 e. The zero-order valence-electron chi connectivity index (χ0n) is 7.06. The number of carbonyl (C=O) groups is 1. The van der Waals surface area contributed by atoms with Gasteiger partial charge in [0.15, 0.2) is 0 Å². The SMILES string of the molecule is O=C1c2ccsc2C(O)c2ccsc21. The lowest BCUT2D eigenvalue weighted by atomic mass is 9.95. The van der Waals surface area contributed by atoms with Gasteiger partial charge in [-0.15, -0.1) is 22.7 Å². The summed E-state index contributed by atoms with van der Waals surface area (Å²) in [5.41, 5.74) is 1.42. The highest BCUT2D eigenvalue weighted by atomic mass is 32.1. The number of carbonyl (C=O) groups excluding carboxylic acids is 1. The minimum absolute atomic E-state index is 0.0524. The zero-order chi connectivity index (χ0) is 9.71. The van der Waals surface area contributed by atoms with Gasteiger partial charge in [-0.25, -0.2) is 0 Å². The third-order valence-electron chi connectivity index (χ3n) is 2.38. The number of hydrogen-bond donors (Lipinski definition) is 1. The zero-order valence-corrected chi connectivity index (χ0v) is 8.69. The van der Waals surface area contributed by atoms with E-state index >= 15 is 0 Å². The molecule has 0 radical (unpaired) electrons. The molecule has 14 heavy (non-hydrogen) atoms. The quantitative estimate of drug-likeness (QED) is 0.743. The number of aliphatic hydroxyl groups is 1. The molecule has 1 atom stereocenters. The Morgan fingerprint density at radius 3 is 2.86 bits per heavy atom. The van der Waals surface area contributed by atoms with Gasteiger partial charge in [-0.1, -0.05) is 0 Å². The lowest BCUT2D eigenvalue weighted by Gasteiger charge is -2.16. The first-order chi connectivity index (χ1) is 6.79. The molecule has 70 valence electrons. The molecule has 0 spiro atoms. The molecule has 1 N–H and O–H groups in total. The normalized spacial score (nSPS) is 19.2. The van der Waals surface area contributed by atoms with Crippen molar-refractivity contribution in [2.75, 3.05) is 0 Å². The van der Waals surface area contributed by atoms with Crippen molar-refractivity contribution < 1.29 is 9.90 Å². The standard InChI is InChI=1S/C10H6O2S2/c11-7-5-1-3-13-9(5)8(12)6-2-4-14-10(6)7/h1-4,7,11H. The van der Waals surface area contributed by atoms with E-state index in [-0.39, 0.29) is 5.78 Å². The Morgan fingerprint density at radius 2 is 2.00 bits per heavy atom. The lowest BCUT2D eigenvalue weighted by Crippen LogP contribution is -2.14. The molecule has 1 aliphatic rings. The highest BCUT2D eigenvalue weighted by molar-refractivity contribution is 7.13. The Bertz CT molecular complexity index is 465. The monoisotopic (exact) mass is 222 g/mol. The van der Waals surface area contributed by atoms with Crippen molar-refractivity contribution in [3.8, 4) is 0 Å². The van der Waals surface area contributed by atoms with E-state index in [1.807, 2.05) is 16.8 Å². The fourth-order valence-corrected chi connectivity index (χ4v) is 3.48. The summed E-state index contributed by atoms with van der Waals surface area (Å²) in [6, 6.07) is 3.61. The van der Waals surface area contributed by atoms with E-state index in [4.69, 9.17) is 0 Å². The van der Waals surface area contributed by atoms with Crippen LogP contribution < -0.4 is 0 Å². The Kier molecular flexibility index (Phi) is 1.65. The molecule has 1 unspecified atom stereocenters. The molecule has 0 saturated carbocycles. The topological polar surface area (TPSA) is 37.3 Å². The van der Waals surface area contributed by atoms with Gasteiger partial charge < -0.3 is 5.11 Å². The average Bonchev–Trinajstić information content (AvgIpc) is 2.82. The number of thiophene rings is 2. The molecule has 0 saturated heterocycles. The van der Waals surface area contributed by atoms with Gasteiger partial charge in [-0.05, 0) is 22.9 Å². The van der Waals surface area contributed by atoms with Crippen molar-refractivity contribution in [3.05, 3.63) is 43.8 Å². The Hall–Kier alpha value is -0.970. The molecule has 3 rings (SSSR count). The van der Waals surface area contributed by atoms with Crippen LogP contribution in [0.4, 0.5) is 0 Å². The maximum atomic E-state index is 11.9. The van der Waals surface area contributed by atoms with Crippen LogP contribution in [0.1, 0.15) is 31.8 Å². The minimum Gasteiger partial charge on any atom is -0.383 e. The Morgan fingerprint density at radius 1 is 1.21 bits per heavy atom. The summed E-state index contributed by atoms with van der Waals surface area (Å²) in [4.78, 5) is 13.3. The fourth-order valence-electron chi connectivity index (χ4n) is 1.70. The van der Waals surface area contributed by atoms with Gasteiger partial charge >= 0.3 is 0 Å². The first-order valence-corrected chi connectivity index (χ1v) is 5.92. The van der Waals surface area contributed by atoms with E-state index in [0.717, 1.165) is 10.4 Å². The van der Waals surface area contributed by atoms with E-state index in [1.54, 1.807) is 6.07 Å². The molecule has 2 aromatic rings. The van der Waals surface area contributed by atoms with Gasteiger partial charge in [0.05, 0.1) is 4.88 Å². The van der Waals surface area contributed by atoms with Crippen molar-refractivity contribution in [2.24, 2.45) is 0 Å². The van der Waals surface area contributed by atoms with Crippen molar-refractivity contribution >= 4 is 28.5 Å². The summed E-state index contributed by atoms with van der Waals surface area (Å²) in [6.07, 6.45) is -0.607. The second kappa shape index (κ2) is 2.76. The predicted octanol–water partition coefficient (Wildman–Crippen LogP) is 2.44. The number of ketones is 1. The third-order valence-corrected chi connectivity index (χ3v) is 4.28. The van der Waals surface area contributed by atoms with E-state index in [1.165, 1.54) is 22.7 Å². The largest absolute Gasteiger partial charge is 0.383 e. The molecular weight excluding hydrogens is 216 g/mol. The van der Waals surface area contributed by atoms with E-state index in [2.05, 4.69) is 0 Å². The number of rotatable bonds is 0. The molecule has 0 fully saturated rings. The van der Waals surface area contributed by atoms with Crippen LogP contribution in [0.3, 0.4) is 0 Å². The average molecular weight is 222 g/mol. The van der Waals surface area contributed by atoms with E-state index in [0.29, 0.717) is 10.4 Å². The minimum atomic E-state index is -0.607. The Labute approximate surface area is 88.4 Å². The number of aliphatic hydroxyl groups excluding tert-OH is 1. The van der Waals surface area contributed by atoms with Crippen LogP contribution in [0.5, 0.6) is 0 Å². The summed E-state index contributed by atoms with van der Waals surface area (Å²) in [5.74, 6) is 0.0524. The summed E-state index contributed by atoms with van der Waals surface area (Å²) in [6.45, 7) is 0. The first-order valence-electron chi connectivity index (χ1n) is 4.16. The lowest BCUT2D eigenvalue weighted by molar-refractivity contribution is 0.102. The van der Waals surface area contributed by atoms with Crippen molar-refractivity contribution in [2.45, 2.75) is 6.10 Å². The third kappa shape index (κ3) is 0.904. The van der Waals surface area contributed by atoms with Gasteiger partial charge in [0.25, 0.3) is 0 Å². The van der Waals surface area contributed by atoms with Crippen molar-refractivity contribution in [3.63, 3.8) is 0 Å². The van der Waals surface area contributed by atoms with Crippen LogP contribution in [0.15, 0.2) is 22.9 Å². The van der Waals surface area contributed by atoms with Crippen LogP contribution in [0.25, 0.3) is 0 Å². The summed E-state index contributed by atoms with van der Waals surface area (Å²) in [7, 11) is 0. The fraction of sp³-hybridized carbons (Fsp3) is 0.100. The van der Waals surface area contributed by atoms with Crippen LogP contribution in [0, 0.1) is 0 Å². The van der Waals surface area contributed by atoms with Crippen molar-refractivity contribution in [1.82, 2.24) is 0 Å². The van der Waals surface area contributed by atoms with E-state index in [9.17, 15) is 9.90 Å². The van der Waals surface area contributed by atoms with Crippen LogP contribution in [-0.2, 0) is 0 Å². The second-order valence-electron chi connectivity index (χ2n) is 3.14. The maximum Gasteiger partial charge on any atom is 0.204 e. The van der Waals surface area contributed by atoms with Crippen LogP contribution >= 0.6 is 22.7 Å². The second-order valence-corrected chi connectivity index (χ2v) is 5.00. The highest BCUT2D eigenvalue weighted by Gasteiger charge is 2.31. The molecule has 0 aromatic carbocycles. The van der Waals surface area contributed by atoms with Gasteiger partial charge in [0.1, 0.15) is 6.10 Å².